The Bertz CT molecular complexity index is 962. The van der Waals surface area contributed by atoms with Gasteiger partial charge in [-0.15, -0.1) is 12.4 Å². The second-order valence-electron chi connectivity index (χ2n) is 6.99. The number of halogens is 1. The van der Waals surface area contributed by atoms with Crippen LogP contribution in [0.25, 0.3) is 0 Å². The van der Waals surface area contributed by atoms with Crippen molar-refractivity contribution in [1.29, 1.82) is 0 Å². The molecule has 30 heavy (non-hydrogen) atoms. The molecule has 2 aromatic rings. The minimum absolute atomic E-state index is 0. The summed E-state index contributed by atoms with van der Waals surface area (Å²) >= 11 is 0. The lowest BCUT2D eigenvalue weighted by molar-refractivity contribution is 0.0579. The fourth-order valence-electron chi connectivity index (χ4n) is 3.50. The monoisotopic (exact) mass is 436 g/mol. The Hall–Kier alpha value is -2.92. The molecule has 10 nitrogen and oxygen atoms in total. The maximum atomic E-state index is 11.8. The van der Waals surface area contributed by atoms with Gasteiger partial charge < -0.3 is 29.3 Å². The van der Waals surface area contributed by atoms with Crippen LogP contribution in [0.1, 0.15) is 21.5 Å². The Labute approximate surface area is 179 Å². The van der Waals surface area contributed by atoms with E-state index >= 15 is 0 Å². The minimum atomic E-state index is -1.15. The lowest BCUT2D eigenvalue weighted by atomic mass is 9.78. The fourth-order valence-corrected chi connectivity index (χ4v) is 3.50. The zero-order valence-electron chi connectivity index (χ0n) is 16.5. The van der Waals surface area contributed by atoms with Gasteiger partial charge in [0.1, 0.15) is 30.3 Å². The van der Waals surface area contributed by atoms with Gasteiger partial charge in [-0.25, -0.2) is 4.79 Å². The van der Waals surface area contributed by atoms with Gasteiger partial charge in [0.05, 0.1) is 24.8 Å². The van der Waals surface area contributed by atoms with Crippen LogP contribution in [0.15, 0.2) is 29.7 Å². The molecule has 1 aromatic carbocycles. The summed E-state index contributed by atoms with van der Waals surface area (Å²) in [6.07, 6.45) is 4.29. The lowest BCUT2D eigenvalue weighted by Crippen LogP contribution is -2.56. The molecule has 0 amide bonds. The Morgan fingerprint density at radius 1 is 1.40 bits per heavy atom. The first-order chi connectivity index (χ1) is 14.0. The van der Waals surface area contributed by atoms with Crippen molar-refractivity contribution in [2.45, 2.75) is 18.8 Å². The molecule has 1 aromatic heterocycles. The van der Waals surface area contributed by atoms with Crippen molar-refractivity contribution in [2.75, 3.05) is 20.2 Å². The number of oxime groups is 1. The highest BCUT2D eigenvalue weighted by molar-refractivity contribution is 6.44. The molecular weight excluding hydrogens is 414 g/mol. The molecule has 1 fully saturated rings. The number of carbonyl (C=O) groups is 1. The average Bonchev–Trinajstić information content (AvgIpc) is 3.08. The van der Waals surface area contributed by atoms with Gasteiger partial charge in [0, 0.05) is 13.2 Å². The van der Waals surface area contributed by atoms with E-state index in [1.165, 1.54) is 7.11 Å². The van der Waals surface area contributed by atoms with Gasteiger partial charge in [-0.1, -0.05) is 11.2 Å². The molecule has 0 unspecified atom stereocenters. The maximum absolute atomic E-state index is 11.8. The molecule has 160 valence electrons. The van der Waals surface area contributed by atoms with Crippen molar-refractivity contribution in [2.24, 2.45) is 12.2 Å². The van der Waals surface area contributed by atoms with E-state index in [0.717, 1.165) is 11.1 Å². The smallest absolute Gasteiger partial charge is 0.522 e. The van der Waals surface area contributed by atoms with Crippen LogP contribution in [-0.4, -0.2) is 70.0 Å². The number of amidine groups is 1. The normalized spacial score (nSPS) is 16.2. The third kappa shape index (κ3) is 4.17. The SMILES string of the molecule is CON=C(c1cnn(C)c1)N1CC(Oc2ccc3c(c2C(=O)O)OB(O)CC3)C1.Cl. The number of likely N-dealkylation sites (tertiary alicyclic amines) is 1. The predicted molar refractivity (Wildman–Crippen MR) is 111 cm³/mol. The molecule has 0 radical (unpaired) electrons. The summed E-state index contributed by atoms with van der Waals surface area (Å²) < 4.78 is 13.0. The Kier molecular flexibility index (Phi) is 6.42. The van der Waals surface area contributed by atoms with Crippen molar-refractivity contribution >= 4 is 31.3 Å². The largest absolute Gasteiger partial charge is 0.535 e. The summed E-state index contributed by atoms with van der Waals surface area (Å²) in [5.41, 5.74) is 1.51. The highest BCUT2D eigenvalue weighted by Gasteiger charge is 2.35. The second-order valence-corrected chi connectivity index (χ2v) is 6.99. The Morgan fingerprint density at radius 3 is 2.80 bits per heavy atom. The van der Waals surface area contributed by atoms with Crippen LogP contribution in [0, 0.1) is 0 Å². The quantitative estimate of drug-likeness (QED) is 0.309. The highest BCUT2D eigenvalue weighted by atomic mass is 35.5. The van der Waals surface area contributed by atoms with Crippen molar-refractivity contribution < 1.29 is 29.2 Å². The molecule has 0 spiro atoms. The van der Waals surface area contributed by atoms with E-state index in [1.54, 1.807) is 23.0 Å². The second kappa shape index (κ2) is 8.84. The van der Waals surface area contributed by atoms with Crippen molar-refractivity contribution in [1.82, 2.24) is 14.7 Å². The van der Waals surface area contributed by atoms with Crippen molar-refractivity contribution in [3.05, 3.63) is 41.2 Å². The Morgan fingerprint density at radius 2 is 2.17 bits per heavy atom. The average molecular weight is 437 g/mol. The summed E-state index contributed by atoms with van der Waals surface area (Å²) in [5.74, 6) is -0.113. The summed E-state index contributed by atoms with van der Waals surface area (Å²) in [5, 5.41) is 27.7. The summed E-state index contributed by atoms with van der Waals surface area (Å²) in [6, 6.07) is 3.43. The van der Waals surface area contributed by atoms with Gasteiger partial charge in [0.15, 0.2) is 5.84 Å². The van der Waals surface area contributed by atoms with Crippen molar-refractivity contribution in [3.8, 4) is 11.5 Å². The van der Waals surface area contributed by atoms with Gasteiger partial charge in [-0.05, 0) is 24.4 Å². The van der Waals surface area contributed by atoms with E-state index < -0.39 is 13.1 Å². The molecule has 2 N–H and O–H groups in total. The first kappa shape index (κ1) is 21.8. The molecule has 0 bridgehead atoms. The number of ether oxygens (including phenoxy) is 1. The van der Waals surface area contributed by atoms with Crippen LogP contribution in [0.5, 0.6) is 11.5 Å². The molecule has 4 rings (SSSR count). The maximum Gasteiger partial charge on any atom is 0.522 e. The first-order valence-corrected chi connectivity index (χ1v) is 9.22. The van der Waals surface area contributed by atoms with E-state index in [1.807, 2.05) is 18.1 Å². The van der Waals surface area contributed by atoms with Gasteiger partial charge in [0.25, 0.3) is 0 Å². The summed E-state index contributed by atoms with van der Waals surface area (Å²) in [6.45, 7) is 1.02. The molecule has 0 aliphatic carbocycles. The zero-order chi connectivity index (χ0) is 20.5. The lowest BCUT2D eigenvalue weighted by Gasteiger charge is -2.40. The fraction of sp³-hybridized carbons (Fsp3) is 0.389. The van der Waals surface area contributed by atoms with Crippen LogP contribution < -0.4 is 9.39 Å². The predicted octanol–water partition coefficient (Wildman–Crippen LogP) is 1.03. The van der Waals surface area contributed by atoms with Crippen LogP contribution in [0.3, 0.4) is 0 Å². The molecule has 3 heterocycles. The van der Waals surface area contributed by atoms with E-state index in [4.69, 9.17) is 14.2 Å². The third-order valence-corrected chi connectivity index (χ3v) is 4.91. The number of carboxylic acids is 1. The molecule has 12 heteroatoms. The number of aryl methyl sites for hydroxylation is 2. The molecule has 0 saturated carbocycles. The van der Waals surface area contributed by atoms with Crippen LogP contribution in [0.2, 0.25) is 6.32 Å². The third-order valence-electron chi connectivity index (χ3n) is 4.91. The van der Waals surface area contributed by atoms with E-state index in [9.17, 15) is 14.9 Å². The van der Waals surface area contributed by atoms with E-state index in [2.05, 4.69) is 10.3 Å². The molecule has 2 aliphatic heterocycles. The van der Waals surface area contributed by atoms with Crippen molar-refractivity contribution in [3.63, 3.8) is 0 Å². The molecule has 0 atom stereocenters. The number of hydrogen-bond acceptors (Lipinski definition) is 7. The number of nitrogens with zero attached hydrogens (tertiary/aromatic N) is 4. The summed E-state index contributed by atoms with van der Waals surface area (Å²) in [4.78, 5) is 18.8. The molecular formula is C18H22BClN4O6. The number of fused-ring (bicyclic) bond motifs is 1. The number of benzene rings is 1. The molecule has 1 saturated heterocycles. The standard InChI is InChI=1S/C18H21BN4O6.ClH/c1-22-8-12(7-20-22)17(21-27-2)23-9-13(10-23)28-14-4-3-11-5-6-19(26)29-16(11)15(14)18(24)25;/h3-4,7-8,13,26H,5-6,9-10H2,1-2H3,(H,24,25);1H. The van der Waals surface area contributed by atoms with E-state index in [0.29, 0.717) is 31.7 Å². The van der Waals surface area contributed by atoms with Crippen LogP contribution in [-0.2, 0) is 18.3 Å². The van der Waals surface area contributed by atoms with Gasteiger partial charge >= 0.3 is 13.1 Å². The number of carboxylic acid groups (broad SMARTS) is 1. The summed E-state index contributed by atoms with van der Waals surface area (Å²) in [7, 11) is 2.28. The van der Waals surface area contributed by atoms with Gasteiger partial charge in [-0.3, -0.25) is 4.68 Å². The number of hydrogen-bond donors (Lipinski definition) is 2. The highest BCUT2D eigenvalue weighted by Crippen LogP contribution is 2.37. The number of aromatic nitrogens is 2. The molecule has 2 aliphatic rings. The first-order valence-electron chi connectivity index (χ1n) is 9.22. The van der Waals surface area contributed by atoms with Crippen LogP contribution >= 0.6 is 12.4 Å². The van der Waals surface area contributed by atoms with Gasteiger partial charge in [0.2, 0.25) is 0 Å². The number of aromatic carboxylic acids is 1. The van der Waals surface area contributed by atoms with Crippen LogP contribution in [0.4, 0.5) is 0 Å². The minimum Gasteiger partial charge on any atom is -0.535 e. The van der Waals surface area contributed by atoms with Gasteiger partial charge in [-0.2, -0.15) is 5.10 Å². The zero-order valence-corrected chi connectivity index (χ0v) is 17.3. The topological polar surface area (TPSA) is 119 Å². The Balaban J connectivity index is 0.00000256. The van der Waals surface area contributed by atoms with E-state index in [-0.39, 0.29) is 35.6 Å². The number of rotatable bonds is 5.